The van der Waals surface area contributed by atoms with E-state index in [-0.39, 0.29) is 4.90 Å². The molecule has 2 aromatic rings. The summed E-state index contributed by atoms with van der Waals surface area (Å²) in [6.45, 7) is 1.41. The van der Waals surface area contributed by atoms with Crippen LogP contribution < -0.4 is 10.0 Å². The summed E-state index contributed by atoms with van der Waals surface area (Å²) in [5, 5.41) is 3.09. The number of anilines is 1. The van der Waals surface area contributed by atoms with E-state index in [1.807, 2.05) is 0 Å². The lowest BCUT2D eigenvalue weighted by Gasteiger charge is -2.14. The first-order chi connectivity index (χ1) is 10.8. The molecule has 0 bridgehead atoms. The predicted octanol–water partition coefficient (Wildman–Crippen LogP) is 2.78. The van der Waals surface area contributed by atoms with E-state index in [1.165, 1.54) is 6.92 Å². The average molecular weight is 357 g/mol. The molecular weight excluding hydrogens is 343 g/mol. The van der Waals surface area contributed by atoms with Gasteiger partial charge in [-0.2, -0.15) is 4.72 Å². The number of benzene rings is 2. The average Bonchev–Trinajstić information content (AvgIpc) is 2.49. The van der Waals surface area contributed by atoms with Crippen molar-refractivity contribution in [3.8, 4) is 0 Å². The van der Waals surface area contributed by atoms with Crippen LogP contribution in [0.25, 0.3) is 0 Å². The molecule has 1 atom stereocenters. The van der Waals surface area contributed by atoms with Gasteiger partial charge < -0.3 is 5.32 Å². The third-order valence-electron chi connectivity index (χ3n) is 2.96. The smallest absolute Gasteiger partial charge is 0.242 e. The van der Waals surface area contributed by atoms with E-state index in [2.05, 4.69) is 10.0 Å². The fraction of sp³-hybridized carbons (Fsp3) is 0.133. The third kappa shape index (κ3) is 4.75. The number of rotatable bonds is 5. The van der Waals surface area contributed by atoms with Crippen LogP contribution >= 0.6 is 11.6 Å². The number of nitrogens with one attached hydrogen (secondary N) is 2. The Kier molecular flexibility index (Phi) is 5.35. The summed E-state index contributed by atoms with van der Waals surface area (Å²) in [5.74, 6) is -1.07. The fourth-order valence-corrected chi connectivity index (χ4v) is 3.08. The molecule has 0 unspecified atom stereocenters. The minimum atomic E-state index is -3.92. The van der Waals surface area contributed by atoms with E-state index in [0.717, 1.165) is 24.3 Å². The summed E-state index contributed by atoms with van der Waals surface area (Å²) in [6, 6.07) is 9.71. The van der Waals surface area contributed by atoms with Crippen molar-refractivity contribution in [3.63, 3.8) is 0 Å². The first-order valence-corrected chi connectivity index (χ1v) is 8.48. The minimum absolute atomic E-state index is 0.120. The Balaban J connectivity index is 2.05. The Labute approximate surface area is 138 Å². The van der Waals surface area contributed by atoms with Gasteiger partial charge in [-0.15, -0.1) is 0 Å². The lowest BCUT2D eigenvalue weighted by atomic mass is 10.3. The molecular formula is C15H14ClFN2O3S. The molecule has 23 heavy (non-hydrogen) atoms. The van der Waals surface area contributed by atoms with Crippen molar-refractivity contribution in [1.82, 2.24) is 4.72 Å². The highest BCUT2D eigenvalue weighted by molar-refractivity contribution is 7.89. The van der Waals surface area contributed by atoms with Crippen LogP contribution in [-0.4, -0.2) is 20.4 Å². The van der Waals surface area contributed by atoms with Gasteiger partial charge in [0.15, 0.2) is 0 Å². The number of amides is 1. The molecule has 0 radical (unpaired) electrons. The molecule has 8 heteroatoms. The van der Waals surface area contributed by atoms with Crippen LogP contribution in [0.2, 0.25) is 5.02 Å². The van der Waals surface area contributed by atoms with E-state index in [1.54, 1.807) is 24.3 Å². The largest absolute Gasteiger partial charge is 0.325 e. The number of hydrogen-bond acceptors (Lipinski definition) is 3. The highest BCUT2D eigenvalue weighted by Gasteiger charge is 2.22. The predicted molar refractivity (Wildman–Crippen MR) is 86.3 cm³/mol. The summed E-state index contributed by atoms with van der Waals surface area (Å²) in [5.41, 5.74) is 0.493. The van der Waals surface area contributed by atoms with Gasteiger partial charge in [0.25, 0.3) is 0 Å². The second-order valence-corrected chi connectivity index (χ2v) is 6.94. The van der Waals surface area contributed by atoms with Gasteiger partial charge in [-0.25, -0.2) is 12.8 Å². The molecule has 0 aliphatic carbocycles. The minimum Gasteiger partial charge on any atom is -0.325 e. The van der Waals surface area contributed by atoms with Crippen molar-refractivity contribution in [2.24, 2.45) is 0 Å². The molecule has 0 aromatic heterocycles. The summed E-state index contributed by atoms with van der Waals surface area (Å²) in [7, 11) is -3.92. The Morgan fingerprint density at radius 3 is 2.22 bits per heavy atom. The molecule has 0 spiro atoms. The fourth-order valence-electron chi connectivity index (χ4n) is 1.75. The van der Waals surface area contributed by atoms with E-state index in [0.29, 0.717) is 10.7 Å². The maximum atomic E-state index is 12.8. The van der Waals surface area contributed by atoms with Gasteiger partial charge in [0.1, 0.15) is 5.82 Å². The second-order valence-electron chi connectivity index (χ2n) is 4.79. The van der Waals surface area contributed by atoms with Crippen LogP contribution in [-0.2, 0) is 14.8 Å². The molecule has 0 saturated heterocycles. The van der Waals surface area contributed by atoms with Crippen molar-refractivity contribution < 1.29 is 17.6 Å². The number of hydrogen-bond donors (Lipinski definition) is 2. The van der Waals surface area contributed by atoms with Crippen LogP contribution in [0.4, 0.5) is 10.1 Å². The first-order valence-electron chi connectivity index (χ1n) is 6.62. The van der Waals surface area contributed by atoms with E-state index in [4.69, 9.17) is 11.6 Å². The summed E-state index contributed by atoms with van der Waals surface area (Å²) >= 11 is 5.75. The van der Waals surface area contributed by atoms with Crippen LogP contribution in [0.15, 0.2) is 53.4 Å². The lowest BCUT2D eigenvalue weighted by Crippen LogP contribution is -2.41. The molecule has 0 saturated carbocycles. The van der Waals surface area contributed by atoms with Crippen molar-refractivity contribution in [3.05, 3.63) is 59.4 Å². The standard InChI is InChI=1S/C15H14ClFN2O3S/c1-10(15(20)18-13-6-2-11(16)3-7-13)19-23(21,22)14-8-4-12(17)5-9-14/h2-10,19H,1H3,(H,18,20)/t10-/m0/s1. The topological polar surface area (TPSA) is 75.3 Å². The SMILES string of the molecule is C[C@H](NS(=O)(=O)c1ccc(F)cc1)C(=O)Nc1ccc(Cl)cc1. The van der Waals surface area contributed by atoms with Gasteiger partial charge >= 0.3 is 0 Å². The second kappa shape index (κ2) is 7.08. The van der Waals surface area contributed by atoms with E-state index >= 15 is 0 Å². The molecule has 2 N–H and O–H groups in total. The van der Waals surface area contributed by atoms with Gasteiger partial charge in [-0.1, -0.05) is 11.6 Å². The van der Waals surface area contributed by atoms with Gasteiger partial charge in [-0.3, -0.25) is 4.79 Å². The van der Waals surface area contributed by atoms with Gasteiger partial charge in [-0.05, 0) is 55.5 Å². The first kappa shape index (κ1) is 17.4. The molecule has 0 aliphatic rings. The molecule has 0 aliphatic heterocycles. The van der Waals surface area contributed by atoms with E-state index in [9.17, 15) is 17.6 Å². The summed E-state index contributed by atoms with van der Waals surface area (Å²) in [4.78, 5) is 11.9. The van der Waals surface area contributed by atoms with E-state index < -0.39 is 27.8 Å². The van der Waals surface area contributed by atoms with Gasteiger partial charge in [0, 0.05) is 10.7 Å². The maximum absolute atomic E-state index is 12.8. The molecule has 0 fully saturated rings. The van der Waals surface area contributed by atoms with Gasteiger partial charge in [0.2, 0.25) is 15.9 Å². The summed E-state index contributed by atoms with van der Waals surface area (Å²) in [6.07, 6.45) is 0. The molecule has 5 nitrogen and oxygen atoms in total. The van der Waals surface area contributed by atoms with Crippen molar-refractivity contribution >= 4 is 33.2 Å². The van der Waals surface area contributed by atoms with Crippen molar-refractivity contribution in [1.29, 1.82) is 0 Å². The zero-order valence-corrected chi connectivity index (χ0v) is 13.7. The monoisotopic (exact) mass is 356 g/mol. The molecule has 0 heterocycles. The maximum Gasteiger partial charge on any atom is 0.242 e. The number of sulfonamides is 1. The Morgan fingerprint density at radius 2 is 1.65 bits per heavy atom. The zero-order valence-electron chi connectivity index (χ0n) is 12.1. The number of carbonyl (C=O) groups is 1. The molecule has 122 valence electrons. The molecule has 2 rings (SSSR count). The van der Waals surface area contributed by atoms with Crippen LogP contribution in [0.1, 0.15) is 6.92 Å². The third-order valence-corrected chi connectivity index (χ3v) is 4.77. The van der Waals surface area contributed by atoms with Gasteiger partial charge in [0.05, 0.1) is 10.9 Å². The molecule has 1 amide bonds. The highest BCUT2D eigenvalue weighted by atomic mass is 35.5. The van der Waals surface area contributed by atoms with Crippen LogP contribution in [0, 0.1) is 5.82 Å². The Morgan fingerprint density at radius 1 is 1.09 bits per heavy atom. The van der Waals surface area contributed by atoms with Crippen molar-refractivity contribution in [2.45, 2.75) is 17.9 Å². The van der Waals surface area contributed by atoms with Crippen LogP contribution in [0.5, 0.6) is 0 Å². The molecule has 2 aromatic carbocycles. The lowest BCUT2D eigenvalue weighted by molar-refractivity contribution is -0.117. The van der Waals surface area contributed by atoms with Crippen molar-refractivity contribution in [2.75, 3.05) is 5.32 Å². The number of carbonyl (C=O) groups excluding carboxylic acids is 1. The Hall–Kier alpha value is -1.96. The van der Waals surface area contributed by atoms with Crippen LogP contribution in [0.3, 0.4) is 0 Å². The quantitative estimate of drug-likeness (QED) is 0.865. The summed E-state index contributed by atoms with van der Waals surface area (Å²) < 4.78 is 39.3. The Bertz CT molecular complexity index is 792. The zero-order chi connectivity index (χ0) is 17.0. The normalized spacial score (nSPS) is 12.7. The highest BCUT2D eigenvalue weighted by Crippen LogP contribution is 2.14. The number of halogens is 2.